The first kappa shape index (κ1) is 3.03. The van der Waals surface area contributed by atoms with Gasteiger partial charge in [0.25, 0.3) is 0 Å². The monoisotopic (exact) mass is 141 g/mol. The van der Waals surface area contributed by atoms with Crippen molar-refractivity contribution in [3.05, 3.63) is 12.2 Å². The molecule has 1 aromatic rings. The maximum absolute atomic E-state index is 7.72. The van der Waals surface area contributed by atoms with Crippen molar-refractivity contribution in [2.45, 2.75) is 32.1 Å². The van der Waals surface area contributed by atoms with Crippen molar-refractivity contribution in [1.82, 2.24) is 14.8 Å². The zero-order valence-corrected chi connectivity index (χ0v) is 5.54. The lowest BCUT2D eigenvalue weighted by molar-refractivity contribution is 0.575. The normalized spacial score (nSPS) is 34.0. The molecule has 0 aliphatic carbocycles. The van der Waals surface area contributed by atoms with Gasteiger partial charge in [-0.1, -0.05) is 6.42 Å². The first-order valence-corrected chi connectivity index (χ1v) is 3.29. The second kappa shape index (κ2) is 2.40. The van der Waals surface area contributed by atoms with Gasteiger partial charge in [-0.3, -0.25) is 4.68 Å². The molecule has 0 radical (unpaired) electrons. The molecule has 1 aliphatic heterocycles. The fourth-order valence-corrected chi connectivity index (χ4v) is 0.964. The summed E-state index contributed by atoms with van der Waals surface area (Å²) in [5.41, 5.74) is 0. The topological polar surface area (TPSA) is 30.7 Å². The Bertz CT molecular complexity index is 346. The van der Waals surface area contributed by atoms with E-state index in [0.29, 0.717) is 0 Å². The third-order valence-corrected chi connectivity index (χ3v) is 1.46. The second-order valence-corrected chi connectivity index (χ2v) is 2.17. The van der Waals surface area contributed by atoms with Gasteiger partial charge in [-0.25, -0.2) is 4.98 Å². The van der Waals surface area contributed by atoms with Gasteiger partial charge >= 0.3 is 0 Å². The van der Waals surface area contributed by atoms with Crippen LogP contribution in [0, 0.1) is 0 Å². The Kier molecular flexibility index (Phi) is 0.728. The third kappa shape index (κ3) is 0.916. The largest absolute Gasteiger partial charge is 0.250 e. The van der Waals surface area contributed by atoms with Gasteiger partial charge in [0.2, 0.25) is 0 Å². The van der Waals surface area contributed by atoms with Crippen LogP contribution in [0.3, 0.4) is 0 Å². The van der Waals surface area contributed by atoms with E-state index in [-0.39, 0.29) is 25.2 Å². The molecule has 0 saturated carbocycles. The zero-order valence-electron chi connectivity index (χ0n) is 9.54. The standard InChI is InChI=1S/C7H11N3/c1-2-4-7-8-6-9-10(7)5-3-1/h6H,1-5H2/i3D2,4D2. The van der Waals surface area contributed by atoms with Gasteiger partial charge in [0, 0.05) is 18.4 Å². The SMILES string of the molecule is [2H]C1([2H])CCC([2H])([2H])c2ncnn2C1. The third-order valence-electron chi connectivity index (χ3n) is 1.46. The first-order valence-electron chi connectivity index (χ1n) is 5.29. The van der Waals surface area contributed by atoms with E-state index in [1.807, 2.05) is 0 Å². The molecule has 2 heterocycles. The van der Waals surface area contributed by atoms with Gasteiger partial charge in [0.1, 0.15) is 12.2 Å². The Morgan fingerprint density at radius 3 is 3.60 bits per heavy atom. The summed E-state index contributed by atoms with van der Waals surface area (Å²) in [7, 11) is 0. The fraction of sp³-hybridized carbons (Fsp3) is 0.714. The molecule has 2 rings (SSSR count). The summed E-state index contributed by atoms with van der Waals surface area (Å²) in [6.07, 6.45) is -1.34. The van der Waals surface area contributed by atoms with Gasteiger partial charge in [0.05, 0.1) is 0 Å². The van der Waals surface area contributed by atoms with Crippen LogP contribution in [0.5, 0.6) is 0 Å². The summed E-state index contributed by atoms with van der Waals surface area (Å²) in [5, 5.41) is 3.83. The predicted molar refractivity (Wildman–Crippen MR) is 37.6 cm³/mol. The minimum absolute atomic E-state index is 0.0852. The minimum Gasteiger partial charge on any atom is -0.250 e. The average molecular weight is 141 g/mol. The average Bonchev–Trinajstić information content (AvgIpc) is 2.46. The quantitative estimate of drug-likeness (QED) is 0.539. The summed E-state index contributed by atoms with van der Waals surface area (Å²) in [6, 6.07) is 0. The molecule has 0 aromatic carbocycles. The molecule has 0 amide bonds. The van der Waals surface area contributed by atoms with Crippen LogP contribution >= 0.6 is 0 Å². The molecule has 0 fully saturated rings. The lowest BCUT2D eigenvalue weighted by Gasteiger charge is -1.96. The molecule has 0 N–H and O–H groups in total. The molecule has 0 spiro atoms. The lowest BCUT2D eigenvalue weighted by atomic mass is 10.2. The molecule has 0 unspecified atom stereocenters. The number of aromatic nitrogens is 3. The number of hydrogen-bond acceptors (Lipinski definition) is 2. The second-order valence-electron chi connectivity index (χ2n) is 2.17. The first-order chi connectivity index (χ1) is 6.41. The molecule has 0 saturated heterocycles. The van der Waals surface area contributed by atoms with E-state index in [2.05, 4.69) is 10.1 Å². The molecular formula is C7H11N3. The van der Waals surface area contributed by atoms with Gasteiger partial charge in [-0.05, 0) is 12.8 Å². The van der Waals surface area contributed by atoms with Crippen molar-refractivity contribution < 1.29 is 5.48 Å². The molecule has 54 valence electrons. The van der Waals surface area contributed by atoms with E-state index in [9.17, 15) is 0 Å². The maximum atomic E-state index is 7.72. The van der Waals surface area contributed by atoms with E-state index in [0.717, 1.165) is 0 Å². The number of hydrogen-bond donors (Lipinski definition) is 0. The molecule has 0 atom stereocenters. The zero-order chi connectivity index (χ0) is 10.4. The molecule has 3 nitrogen and oxygen atoms in total. The van der Waals surface area contributed by atoms with Gasteiger partial charge in [-0.15, -0.1) is 0 Å². The summed E-state index contributed by atoms with van der Waals surface area (Å²) in [5.74, 6) is 0.235. The molecule has 3 heteroatoms. The van der Waals surface area contributed by atoms with Crippen LogP contribution in [0.15, 0.2) is 6.33 Å². The van der Waals surface area contributed by atoms with E-state index in [1.165, 1.54) is 11.0 Å². The highest BCUT2D eigenvalue weighted by atomic mass is 15.3. The summed E-state index contributed by atoms with van der Waals surface area (Å²) in [6.45, 7) is 0.0852. The van der Waals surface area contributed by atoms with Crippen LogP contribution < -0.4 is 0 Å². The van der Waals surface area contributed by atoms with Gasteiger partial charge in [-0.2, -0.15) is 5.10 Å². The predicted octanol–water partition coefficient (Wildman–Crippen LogP) is 1.00. The highest BCUT2D eigenvalue weighted by Crippen LogP contribution is 2.09. The van der Waals surface area contributed by atoms with Crippen LogP contribution in [0.1, 0.15) is 30.5 Å². The summed E-state index contributed by atoms with van der Waals surface area (Å²) < 4.78 is 32.0. The lowest BCUT2D eigenvalue weighted by Crippen LogP contribution is -2.01. The number of rotatable bonds is 0. The van der Waals surface area contributed by atoms with Crippen LogP contribution in [-0.2, 0) is 12.9 Å². The molecular weight excluding hydrogens is 126 g/mol. The Labute approximate surface area is 65.7 Å². The smallest absolute Gasteiger partial charge is 0.138 e. The van der Waals surface area contributed by atoms with E-state index < -0.39 is 12.7 Å². The number of nitrogens with zero attached hydrogens (tertiary/aromatic N) is 3. The van der Waals surface area contributed by atoms with Gasteiger partial charge in [0.15, 0.2) is 0 Å². The van der Waals surface area contributed by atoms with Crippen molar-refractivity contribution in [3.63, 3.8) is 0 Å². The van der Waals surface area contributed by atoms with Crippen LogP contribution in [-0.4, -0.2) is 14.8 Å². The van der Waals surface area contributed by atoms with Crippen LogP contribution in [0.2, 0.25) is 0 Å². The molecule has 10 heavy (non-hydrogen) atoms. The highest BCUT2D eigenvalue weighted by molar-refractivity contribution is 4.86. The van der Waals surface area contributed by atoms with Crippen LogP contribution in [0.4, 0.5) is 0 Å². The van der Waals surface area contributed by atoms with E-state index >= 15 is 0 Å². The maximum Gasteiger partial charge on any atom is 0.138 e. The Morgan fingerprint density at radius 2 is 2.60 bits per heavy atom. The minimum atomic E-state index is -1.57. The van der Waals surface area contributed by atoms with E-state index in [1.54, 1.807) is 0 Å². The van der Waals surface area contributed by atoms with Crippen molar-refractivity contribution >= 4 is 0 Å². The Balaban J connectivity index is 2.44. The van der Waals surface area contributed by atoms with Crippen molar-refractivity contribution in [2.75, 3.05) is 0 Å². The highest BCUT2D eigenvalue weighted by Gasteiger charge is 2.06. The Morgan fingerprint density at radius 1 is 1.60 bits per heavy atom. The summed E-state index contributed by atoms with van der Waals surface area (Å²) in [4.78, 5) is 3.85. The fourth-order valence-electron chi connectivity index (χ4n) is 0.964. The molecule has 1 aliphatic rings. The summed E-state index contributed by atoms with van der Waals surface area (Å²) >= 11 is 0. The Hall–Kier alpha value is -0.860. The number of aryl methyl sites for hydroxylation is 2. The van der Waals surface area contributed by atoms with Gasteiger partial charge < -0.3 is 0 Å². The van der Waals surface area contributed by atoms with Crippen LogP contribution in [0.25, 0.3) is 0 Å². The van der Waals surface area contributed by atoms with E-state index in [4.69, 9.17) is 5.48 Å². The number of fused-ring (bicyclic) bond motifs is 1. The van der Waals surface area contributed by atoms with Crippen molar-refractivity contribution in [1.29, 1.82) is 0 Å². The van der Waals surface area contributed by atoms with Crippen molar-refractivity contribution in [3.8, 4) is 0 Å². The molecule has 1 aromatic heterocycles. The van der Waals surface area contributed by atoms with Crippen molar-refractivity contribution in [2.24, 2.45) is 0 Å². The molecule has 0 bridgehead atoms.